The van der Waals surface area contributed by atoms with Gasteiger partial charge >= 0.3 is 0 Å². The molecule has 1 saturated carbocycles. The summed E-state index contributed by atoms with van der Waals surface area (Å²) in [5, 5.41) is 10.9. The fourth-order valence-electron chi connectivity index (χ4n) is 5.36. The van der Waals surface area contributed by atoms with E-state index in [1.807, 2.05) is 4.90 Å². The van der Waals surface area contributed by atoms with Crippen molar-refractivity contribution in [2.45, 2.75) is 51.0 Å². The number of benzene rings is 2. The standard InChI is InChI=1S/C26H33N3O3/c1-19-8-10-20(11-9-19)25-18-28(26(30)21-12-14-24(15-13-21)29(31)32)17-22(25)16-27(2)23-6-4-3-5-7-23/h8-15,22-23,25H,3-7,16-18H2,1-2H3. The Morgan fingerprint density at radius 1 is 1.03 bits per heavy atom. The number of nitrogens with zero attached hydrogens (tertiary/aromatic N) is 3. The van der Waals surface area contributed by atoms with Gasteiger partial charge in [-0.1, -0.05) is 49.1 Å². The molecular weight excluding hydrogens is 402 g/mol. The summed E-state index contributed by atoms with van der Waals surface area (Å²) in [6, 6.07) is 15.3. The number of aryl methyl sites for hydroxylation is 1. The summed E-state index contributed by atoms with van der Waals surface area (Å²) in [5.41, 5.74) is 3.05. The summed E-state index contributed by atoms with van der Waals surface area (Å²) in [6.45, 7) is 4.47. The monoisotopic (exact) mass is 435 g/mol. The molecule has 1 saturated heterocycles. The minimum absolute atomic E-state index is 0.00693. The van der Waals surface area contributed by atoms with Crippen molar-refractivity contribution in [1.82, 2.24) is 9.80 Å². The Morgan fingerprint density at radius 3 is 2.31 bits per heavy atom. The van der Waals surface area contributed by atoms with E-state index in [0.717, 1.165) is 6.54 Å². The molecule has 0 aromatic heterocycles. The lowest BCUT2D eigenvalue weighted by molar-refractivity contribution is -0.384. The molecule has 1 aliphatic heterocycles. The third-order valence-corrected chi connectivity index (χ3v) is 7.28. The molecule has 2 aromatic rings. The molecule has 1 amide bonds. The second kappa shape index (κ2) is 9.82. The first-order valence-corrected chi connectivity index (χ1v) is 11.7. The fourth-order valence-corrected chi connectivity index (χ4v) is 5.36. The van der Waals surface area contributed by atoms with Gasteiger partial charge in [0.05, 0.1) is 4.92 Å². The Morgan fingerprint density at radius 2 is 1.69 bits per heavy atom. The van der Waals surface area contributed by atoms with Gasteiger partial charge in [-0.05, 0) is 50.4 Å². The van der Waals surface area contributed by atoms with Crippen LogP contribution in [0.1, 0.15) is 59.5 Å². The summed E-state index contributed by atoms with van der Waals surface area (Å²) < 4.78 is 0. The van der Waals surface area contributed by atoms with Crippen molar-refractivity contribution in [3.05, 3.63) is 75.3 Å². The molecule has 2 fully saturated rings. The number of carbonyl (C=O) groups excluding carboxylic acids is 1. The minimum Gasteiger partial charge on any atom is -0.338 e. The predicted octanol–water partition coefficient (Wildman–Crippen LogP) is 5.02. The maximum Gasteiger partial charge on any atom is 0.269 e. The van der Waals surface area contributed by atoms with Gasteiger partial charge in [-0.15, -0.1) is 0 Å². The third-order valence-electron chi connectivity index (χ3n) is 7.28. The highest BCUT2D eigenvalue weighted by atomic mass is 16.6. The highest BCUT2D eigenvalue weighted by Gasteiger charge is 2.37. The zero-order chi connectivity index (χ0) is 22.7. The number of nitro groups is 1. The van der Waals surface area contributed by atoms with E-state index in [1.165, 1.54) is 55.4 Å². The third kappa shape index (κ3) is 5.01. The van der Waals surface area contributed by atoms with Crippen molar-refractivity contribution in [3.63, 3.8) is 0 Å². The number of rotatable bonds is 6. The number of hydrogen-bond donors (Lipinski definition) is 0. The van der Waals surface area contributed by atoms with E-state index in [0.29, 0.717) is 36.5 Å². The van der Waals surface area contributed by atoms with E-state index >= 15 is 0 Å². The van der Waals surface area contributed by atoms with Gasteiger partial charge in [-0.25, -0.2) is 0 Å². The first kappa shape index (κ1) is 22.5. The molecule has 0 N–H and O–H groups in total. The second-order valence-corrected chi connectivity index (χ2v) is 9.52. The number of non-ortho nitro benzene ring substituents is 1. The van der Waals surface area contributed by atoms with E-state index in [2.05, 4.69) is 43.1 Å². The highest BCUT2D eigenvalue weighted by Crippen LogP contribution is 2.35. The molecule has 2 aliphatic rings. The molecule has 2 aromatic carbocycles. The lowest BCUT2D eigenvalue weighted by Gasteiger charge is -2.34. The molecule has 2 unspecified atom stereocenters. The lowest BCUT2D eigenvalue weighted by Crippen LogP contribution is -2.38. The van der Waals surface area contributed by atoms with Crippen LogP contribution in [0.15, 0.2) is 48.5 Å². The van der Waals surface area contributed by atoms with Crippen molar-refractivity contribution in [2.24, 2.45) is 5.92 Å². The van der Waals surface area contributed by atoms with Gasteiger partial charge in [0.25, 0.3) is 11.6 Å². The molecular formula is C26H33N3O3. The molecule has 0 bridgehead atoms. The average molecular weight is 436 g/mol. The number of nitro benzene ring substituents is 1. The van der Waals surface area contributed by atoms with Crippen molar-refractivity contribution in [1.29, 1.82) is 0 Å². The lowest BCUT2D eigenvalue weighted by atomic mass is 9.87. The number of likely N-dealkylation sites (tertiary alicyclic amines) is 1. The summed E-state index contributed by atoms with van der Waals surface area (Å²) in [4.78, 5) is 28.2. The van der Waals surface area contributed by atoms with E-state index < -0.39 is 4.92 Å². The Kier molecular flexibility index (Phi) is 6.89. The predicted molar refractivity (Wildman–Crippen MR) is 126 cm³/mol. The van der Waals surface area contributed by atoms with E-state index in [4.69, 9.17) is 0 Å². The zero-order valence-corrected chi connectivity index (χ0v) is 19.1. The molecule has 32 heavy (non-hydrogen) atoms. The van der Waals surface area contributed by atoms with Crippen LogP contribution in [-0.4, -0.2) is 53.4 Å². The van der Waals surface area contributed by atoms with E-state index in [9.17, 15) is 14.9 Å². The minimum atomic E-state index is -0.436. The topological polar surface area (TPSA) is 66.7 Å². The van der Waals surface area contributed by atoms with Crippen LogP contribution in [0.25, 0.3) is 0 Å². The van der Waals surface area contributed by atoms with Crippen LogP contribution in [-0.2, 0) is 0 Å². The van der Waals surface area contributed by atoms with Gasteiger partial charge in [0.2, 0.25) is 0 Å². The van der Waals surface area contributed by atoms with Gasteiger partial charge in [0, 0.05) is 49.3 Å². The van der Waals surface area contributed by atoms with Gasteiger partial charge in [-0.3, -0.25) is 14.9 Å². The molecule has 6 nitrogen and oxygen atoms in total. The summed E-state index contributed by atoms with van der Waals surface area (Å²) in [5.74, 6) is 0.620. The van der Waals surface area contributed by atoms with Crippen LogP contribution in [0.3, 0.4) is 0 Å². The average Bonchev–Trinajstić information content (AvgIpc) is 3.23. The Balaban J connectivity index is 1.52. The van der Waals surface area contributed by atoms with E-state index in [-0.39, 0.29) is 11.6 Å². The molecule has 6 heteroatoms. The summed E-state index contributed by atoms with van der Waals surface area (Å²) >= 11 is 0. The van der Waals surface area contributed by atoms with Crippen LogP contribution in [0.2, 0.25) is 0 Å². The normalized spacial score (nSPS) is 21.8. The van der Waals surface area contributed by atoms with Crippen LogP contribution < -0.4 is 0 Å². The largest absolute Gasteiger partial charge is 0.338 e. The fraction of sp³-hybridized carbons (Fsp3) is 0.500. The van der Waals surface area contributed by atoms with Crippen molar-refractivity contribution in [3.8, 4) is 0 Å². The van der Waals surface area contributed by atoms with Crippen molar-refractivity contribution >= 4 is 11.6 Å². The van der Waals surface area contributed by atoms with Crippen LogP contribution >= 0.6 is 0 Å². The quantitative estimate of drug-likeness (QED) is 0.472. The maximum atomic E-state index is 13.2. The summed E-state index contributed by atoms with van der Waals surface area (Å²) in [6.07, 6.45) is 6.50. The number of amides is 1. The van der Waals surface area contributed by atoms with Crippen LogP contribution in [0.4, 0.5) is 5.69 Å². The molecule has 2 atom stereocenters. The Hall–Kier alpha value is -2.73. The number of hydrogen-bond acceptors (Lipinski definition) is 4. The molecule has 1 heterocycles. The SMILES string of the molecule is Cc1ccc(C2CN(C(=O)c3ccc([N+](=O)[O-])cc3)CC2CN(C)C2CCCCC2)cc1. The van der Waals surface area contributed by atoms with E-state index in [1.54, 1.807) is 12.1 Å². The van der Waals surface area contributed by atoms with Gasteiger partial charge < -0.3 is 9.80 Å². The Bertz CT molecular complexity index is 936. The molecule has 170 valence electrons. The van der Waals surface area contributed by atoms with Gasteiger partial charge in [0.1, 0.15) is 0 Å². The first-order valence-electron chi connectivity index (χ1n) is 11.7. The number of carbonyl (C=O) groups is 1. The van der Waals surface area contributed by atoms with Crippen LogP contribution in [0.5, 0.6) is 0 Å². The smallest absolute Gasteiger partial charge is 0.269 e. The molecule has 4 rings (SSSR count). The Labute approximate surface area is 190 Å². The highest BCUT2D eigenvalue weighted by molar-refractivity contribution is 5.94. The maximum absolute atomic E-state index is 13.2. The molecule has 0 radical (unpaired) electrons. The zero-order valence-electron chi connectivity index (χ0n) is 19.1. The van der Waals surface area contributed by atoms with Crippen molar-refractivity contribution < 1.29 is 9.72 Å². The van der Waals surface area contributed by atoms with Crippen molar-refractivity contribution in [2.75, 3.05) is 26.7 Å². The van der Waals surface area contributed by atoms with Gasteiger partial charge in [-0.2, -0.15) is 0 Å². The second-order valence-electron chi connectivity index (χ2n) is 9.52. The first-order chi connectivity index (χ1) is 15.4. The summed E-state index contributed by atoms with van der Waals surface area (Å²) in [7, 11) is 2.24. The van der Waals surface area contributed by atoms with Gasteiger partial charge in [0.15, 0.2) is 0 Å². The molecule has 1 aliphatic carbocycles. The van der Waals surface area contributed by atoms with Crippen LogP contribution in [0, 0.1) is 23.0 Å². The molecule has 0 spiro atoms.